The van der Waals surface area contributed by atoms with E-state index in [-0.39, 0.29) is 12.8 Å². The topological polar surface area (TPSA) is 93.1 Å². The van der Waals surface area contributed by atoms with Gasteiger partial charge in [-0.15, -0.1) is 0 Å². The van der Waals surface area contributed by atoms with Crippen molar-refractivity contribution >= 4 is 11.9 Å². The van der Waals surface area contributed by atoms with Gasteiger partial charge >= 0.3 is 11.9 Å². The largest absolute Gasteiger partial charge is 0.349 e. The Morgan fingerprint density at radius 2 is 1.32 bits per heavy atom. The molecule has 0 spiro atoms. The van der Waals surface area contributed by atoms with Gasteiger partial charge < -0.3 is 9.78 Å². The summed E-state index contributed by atoms with van der Waals surface area (Å²) in [5.74, 6) is -1.62. The Bertz CT molecular complexity index is 320. The van der Waals surface area contributed by atoms with Crippen molar-refractivity contribution in [2.24, 2.45) is 16.2 Å². The molecule has 0 radical (unpaired) electrons. The first-order chi connectivity index (χ1) is 8.44. The van der Waals surface area contributed by atoms with E-state index in [1.54, 1.807) is 0 Å². The second-order valence-corrected chi connectivity index (χ2v) is 6.75. The predicted octanol–water partition coefficient (Wildman–Crippen LogP) is 2.88. The molecule has 0 bridgehead atoms. The van der Waals surface area contributed by atoms with Crippen LogP contribution >= 0.6 is 0 Å². The molecule has 0 fully saturated rings. The van der Waals surface area contributed by atoms with Gasteiger partial charge in [-0.3, -0.25) is 0 Å². The second kappa shape index (κ2) is 5.88. The molecule has 6 heteroatoms. The molecule has 0 saturated heterocycles. The maximum absolute atomic E-state index is 12.1. The minimum absolute atomic E-state index is 0.0960. The van der Waals surface area contributed by atoms with Crippen LogP contribution in [0.4, 0.5) is 0 Å². The molecule has 0 unspecified atom stereocenters. The van der Waals surface area contributed by atoms with Crippen molar-refractivity contribution in [2.45, 2.75) is 54.4 Å². The van der Waals surface area contributed by atoms with Gasteiger partial charge in [0.25, 0.3) is 0 Å². The van der Waals surface area contributed by atoms with E-state index in [0.717, 1.165) is 0 Å². The summed E-state index contributed by atoms with van der Waals surface area (Å²) in [7, 11) is 0. The van der Waals surface area contributed by atoms with Gasteiger partial charge in [0.15, 0.2) is 0 Å². The van der Waals surface area contributed by atoms with Crippen molar-refractivity contribution in [3.63, 3.8) is 0 Å². The summed E-state index contributed by atoms with van der Waals surface area (Å²) < 4.78 is 0. The van der Waals surface area contributed by atoms with Crippen LogP contribution in [0.1, 0.15) is 54.4 Å². The Morgan fingerprint density at radius 1 is 0.895 bits per heavy atom. The number of carbonyl (C=O) groups is 2. The Kier molecular flexibility index (Phi) is 5.53. The molecular weight excluding hydrogens is 252 g/mol. The fourth-order valence-corrected chi connectivity index (χ4v) is 3.00. The lowest BCUT2D eigenvalue weighted by atomic mass is 9.52. The average molecular weight is 276 g/mol. The fourth-order valence-electron chi connectivity index (χ4n) is 3.00. The summed E-state index contributed by atoms with van der Waals surface area (Å²) in [5.41, 5.74) is -2.25. The number of hydrogen-bond acceptors (Lipinski definition) is 6. The van der Waals surface area contributed by atoms with Gasteiger partial charge in [-0.05, 0) is 17.3 Å². The van der Waals surface area contributed by atoms with E-state index in [9.17, 15) is 9.59 Å². The standard InChI is InChI=1S/C13H24O6/c1-11(2,3)13(10(15)19-17,12(4,5)6)8-7-9(14)18-16/h16-17H,7-8H2,1-6H3. The third-order valence-corrected chi connectivity index (χ3v) is 3.80. The molecule has 19 heavy (non-hydrogen) atoms. The Balaban J connectivity index is 5.67. The van der Waals surface area contributed by atoms with Crippen molar-refractivity contribution in [1.29, 1.82) is 0 Å². The Hall–Kier alpha value is -1.14. The maximum Gasteiger partial charge on any atom is 0.349 e. The number of hydrogen-bond donors (Lipinski definition) is 2. The van der Waals surface area contributed by atoms with Crippen LogP contribution in [0.3, 0.4) is 0 Å². The molecular formula is C13H24O6. The zero-order valence-electron chi connectivity index (χ0n) is 12.4. The average Bonchev–Trinajstić information content (AvgIpc) is 2.25. The van der Waals surface area contributed by atoms with E-state index < -0.39 is 28.2 Å². The molecule has 0 heterocycles. The summed E-state index contributed by atoms with van der Waals surface area (Å²) in [4.78, 5) is 30.9. The minimum atomic E-state index is -1.11. The smallest absolute Gasteiger partial charge is 0.301 e. The Morgan fingerprint density at radius 3 is 1.58 bits per heavy atom. The summed E-state index contributed by atoms with van der Waals surface area (Å²) in [6.45, 7) is 11.0. The van der Waals surface area contributed by atoms with Crippen molar-refractivity contribution in [1.82, 2.24) is 0 Å². The van der Waals surface area contributed by atoms with Gasteiger partial charge in [0.1, 0.15) is 0 Å². The molecule has 0 atom stereocenters. The zero-order valence-corrected chi connectivity index (χ0v) is 12.4. The zero-order chi connectivity index (χ0) is 15.5. The van der Waals surface area contributed by atoms with E-state index in [4.69, 9.17) is 10.5 Å². The van der Waals surface area contributed by atoms with Crippen molar-refractivity contribution in [3.8, 4) is 0 Å². The third-order valence-electron chi connectivity index (χ3n) is 3.80. The monoisotopic (exact) mass is 276 g/mol. The minimum Gasteiger partial charge on any atom is -0.301 e. The highest BCUT2D eigenvalue weighted by molar-refractivity contribution is 5.79. The normalized spacial score (nSPS) is 13.1. The molecule has 0 aliphatic heterocycles. The summed E-state index contributed by atoms with van der Waals surface area (Å²) in [6, 6.07) is 0. The quantitative estimate of drug-likeness (QED) is 0.605. The molecule has 0 aliphatic carbocycles. The number of rotatable bonds is 4. The molecule has 6 nitrogen and oxygen atoms in total. The highest BCUT2D eigenvalue weighted by atomic mass is 17.1. The van der Waals surface area contributed by atoms with E-state index in [2.05, 4.69) is 9.78 Å². The van der Waals surface area contributed by atoms with E-state index >= 15 is 0 Å². The molecule has 0 aromatic rings. The molecule has 0 saturated carbocycles. The molecule has 2 N–H and O–H groups in total. The van der Waals surface area contributed by atoms with Crippen LogP contribution < -0.4 is 0 Å². The van der Waals surface area contributed by atoms with Crippen LogP contribution in [0.2, 0.25) is 0 Å². The van der Waals surface area contributed by atoms with Crippen molar-refractivity contribution in [3.05, 3.63) is 0 Å². The van der Waals surface area contributed by atoms with Gasteiger partial charge in [-0.25, -0.2) is 9.59 Å². The first kappa shape index (κ1) is 17.9. The van der Waals surface area contributed by atoms with Crippen LogP contribution in [-0.4, -0.2) is 22.5 Å². The Labute approximate surface area is 113 Å². The summed E-state index contributed by atoms with van der Waals surface area (Å²) in [5, 5.41) is 17.1. The third kappa shape index (κ3) is 3.45. The van der Waals surface area contributed by atoms with Crippen LogP contribution in [0.15, 0.2) is 0 Å². The fraction of sp³-hybridized carbons (Fsp3) is 0.846. The SMILES string of the molecule is CC(C)(C)C(CCC(=O)OO)(C(=O)OO)C(C)(C)C. The van der Waals surface area contributed by atoms with Gasteiger partial charge in [0, 0.05) is 6.42 Å². The summed E-state index contributed by atoms with van der Waals surface area (Å²) >= 11 is 0. The van der Waals surface area contributed by atoms with Gasteiger partial charge in [0.2, 0.25) is 0 Å². The lowest BCUT2D eigenvalue weighted by molar-refractivity contribution is -0.261. The van der Waals surface area contributed by atoms with Gasteiger partial charge in [-0.2, -0.15) is 10.5 Å². The van der Waals surface area contributed by atoms with E-state index in [1.807, 2.05) is 41.5 Å². The molecule has 0 aromatic heterocycles. The first-order valence-electron chi connectivity index (χ1n) is 6.14. The highest BCUT2D eigenvalue weighted by Gasteiger charge is 2.57. The molecule has 0 aromatic carbocycles. The lowest BCUT2D eigenvalue weighted by Crippen LogP contribution is -2.53. The van der Waals surface area contributed by atoms with Gasteiger partial charge in [0.05, 0.1) is 5.41 Å². The van der Waals surface area contributed by atoms with Crippen molar-refractivity contribution in [2.75, 3.05) is 0 Å². The number of carbonyl (C=O) groups excluding carboxylic acids is 2. The molecule has 112 valence electrons. The van der Waals surface area contributed by atoms with Crippen LogP contribution in [0, 0.1) is 16.2 Å². The molecule has 0 amide bonds. The first-order valence-corrected chi connectivity index (χ1v) is 6.14. The predicted molar refractivity (Wildman–Crippen MR) is 68.0 cm³/mol. The lowest BCUT2D eigenvalue weighted by Gasteiger charge is -2.50. The van der Waals surface area contributed by atoms with Crippen LogP contribution in [-0.2, 0) is 19.4 Å². The maximum atomic E-state index is 12.1. The summed E-state index contributed by atoms with van der Waals surface area (Å²) in [6.07, 6.45) is -0.0566. The van der Waals surface area contributed by atoms with Gasteiger partial charge in [-0.1, -0.05) is 41.5 Å². The highest BCUT2D eigenvalue weighted by Crippen LogP contribution is 2.55. The van der Waals surface area contributed by atoms with E-state index in [1.165, 1.54) is 0 Å². The van der Waals surface area contributed by atoms with Crippen LogP contribution in [0.5, 0.6) is 0 Å². The molecule has 0 aliphatic rings. The van der Waals surface area contributed by atoms with Crippen molar-refractivity contribution < 1.29 is 29.9 Å². The molecule has 0 rings (SSSR count). The second-order valence-electron chi connectivity index (χ2n) is 6.75. The van der Waals surface area contributed by atoms with E-state index in [0.29, 0.717) is 0 Å². The van der Waals surface area contributed by atoms with Crippen LogP contribution in [0.25, 0.3) is 0 Å².